The van der Waals surface area contributed by atoms with Gasteiger partial charge in [0.1, 0.15) is 0 Å². The molecule has 1 amide bonds. The van der Waals surface area contributed by atoms with Crippen molar-refractivity contribution in [1.29, 1.82) is 0 Å². The molecule has 22 heavy (non-hydrogen) atoms. The highest BCUT2D eigenvalue weighted by Gasteiger charge is 2.54. The Morgan fingerprint density at radius 1 is 1.32 bits per heavy atom. The van der Waals surface area contributed by atoms with Crippen LogP contribution in [0.3, 0.4) is 0 Å². The van der Waals surface area contributed by atoms with E-state index in [1.54, 1.807) is 10.9 Å². The lowest BCUT2D eigenvalue weighted by atomic mass is 9.52. The molecule has 5 rings (SSSR count). The molecule has 0 aliphatic heterocycles. The van der Waals surface area contributed by atoms with Crippen molar-refractivity contribution in [2.24, 2.45) is 17.8 Å². The van der Waals surface area contributed by atoms with Crippen LogP contribution in [0.4, 0.5) is 0 Å². The first-order valence-electron chi connectivity index (χ1n) is 8.52. The van der Waals surface area contributed by atoms with Gasteiger partial charge in [-0.3, -0.25) is 9.48 Å². The quantitative estimate of drug-likeness (QED) is 0.853. The van der Waals surface area contributed by atoms with E-state index in [0.717, 1.165) is 24.3 Å². The second-order valence-corrected chi connectivity index (χ2v) is 8.09. The van der Waals surface area contributed by atoms with Crippen LogP contribution in [-0.4, -0.2) is 33.2 Å². The van der Waals surface area contributed by atoms with Gasteiger partial charge >= 0.3 is 0 Å². The SMILES string of the molecule is CCn1cc(Cl)c(C(=O)N(C)C23CC4CC(CC(C4)C2)C3)n1. The van der Waals surface area contributed by atoms with E-state index in [1.807, 2.05) is 18.9 Å². The minimum atomic E-state index is -0.000787. The number of halogens is 1. The molecule has 4 saturated carbocycles. The molecule has 0 radical (unpaired) electrons. The molecule has 4 aliphatic carbocycles. The highest BCUT2D eigenvalue weighted by molar-refractivity contribution is 6.33. The van der Waals surface area contributed by atoms with Crippen molar-refractivity contribution in [3.8, 4) is 0 Å². The lowest BCUT2D eigenvalue weighted by Gasteiger charge is -2.59. The lowest BCUT2D eigenvalue weighted by molar-refractivity contribution is -0.0667. The Balaban J connectivity index is 1.62. The van der Waals surface area contributed by atoms with Gasteiger partial charge in [-0.15, -0.1) is 0 Å². The number of hydrogen-bond donors (Lipinski definition) is 0. The minimum Gasteiger partial charge on any atom is -0.335 e. The van der Waals surface area contributed by atoms with E-state index in [-0.39, 0.29) is 11.4 Å². The van der Waals surface area contributed by atoms with E-state index in [1.165, 1.54) is 38.5 Å². The van der Waals surface area contributed by atoms with E-state index in [2.05, 4.69) is 5.10 Å². The Bertz CT molecular complexity index is 574. The summed E-state index contributed by atoms with van der Waals surface area (Å²) in [7, 11) is 1.97. The Hall–Kier alpha value is -1.03. The van der Waals surface area contributed by atoms with Crippen molar-refractivity contribution in [2.75, 3.05) is 7.05 Å². The van der Waals surface area contributed by atoms with Crippen LogP contribution in [0.25, 0.3) is 0 Å². The number of rotatable bonds is 3. The predicted molar refractivity (Wildman–Crippen MR) is 85.9 cm³/mol. The Morgan fingerprint density at radius 3 is 2.32 bits per heavy atom. The maximum absolute atomic E-state index is 13.0. The number of aromatic nitrogens is 2. The smallest absolute Gasteiger partial charge is 0.276 e. The van der Waals surface area contributed by atoms with Crippen LogP contribution in [0.1, 0.15) is 55.9 Å². The largest absolute Gasteiger partial charge is 0.335 e. The molecule has 5 heteroatoms. The maximum atomic E-state index is 13.0. The fourth-order valence-electron chi connectivity index (χ4n) is 5.55. The third-order valence-electron chi connectivity index (χ3n) is 6.27. The summed E-state index contributed by atoms with van der Waals surface area (Å²) in [5.74, 6) is 2.47. The lowest BCUT2D eigenvalue weighted by Crippen LogP contribution is -2.60. The van der Waals surface area contributed by atoms with Gasteiger partial charge in [0.25, 0.3) is 5.91 Å². The van der Waals surface area contributed by atoms with Crippen LogP contribution >= 0.6 is 11.6 Å². The van der Waals surface area contributed by atoms with Gasteiger partial charge in [-0.05, 0) is 63.2 Å². The van der Waals surface area contributed by atoms with Crippen molar-refractivity contribution in [1.82, 2.24) is 14.7 Å². The van der Waals surface area contributed by atoms with Gasteiger partial charge in [-0.25, -0.2) is 0 Å². The molecular formula is C17H24ClN3O. The number of aryl methyl sites for hydroxylation is 1. The van der Waals surface area contributed by atoms with E-state index < -0.39 is 0 Å². The third kappa shape index (κ3) is 2.10. The Kier molecular flexibility index (Phi) is 3.30. The van der Waals surface area contributed by atoms with Gasteiger partial charge < -0.3 is 4.90 Å². The van der Waals surface area contributed by atoms with Crippen molar-refractivity contribution in [2.45, 2.75) is 57.5 Å². The first-order valence-corrected chi connectivity index (χ1v) is 8.89. The molecule has 4 fully saturated rings. The molecule has 0 aromatic carbocycles. The van der Waals surface area contributed by atoms with E-state index >= 15 is 0 Å². The monoisotopic (exact) mass is 321 g/mol. The summed E-state index contributed by atoms with van der Waals surface area (Å²) in [6.45, 7) is 2.73. The fraction of sp³-hybridized carbons (Fsp3) is 0.765. The van der Waals surface area contributed by atoms with Crippen molar-refractivity contribution in [3.05, 3.63) is 16.9 Å². The molecule has 0 atom stereocenters. The zero-order chi connectivity index (χ0) is 15.5. The van der Waals surface area contributed by atoms with Crippen LogP contribution < -0.4 is 0 Å². The van der Waals surface area contributed by atoms with Gasteiger partial charge in [-0.1, -0.05) is 11.6 Å². The number of carbonyl (C=O) groups is 1. The molecule has 4 aliphatic rings. The van der Waals surface area contributed by atoms with E-state index in [0.29, 0.717) is 10.7 Å². The molecule has 4 bridgehead atoms. The highest BCUT2D eigenvalue weighted by atomic mass is 35.5. The maximum Gasteiger partial charge on any atom is 0.276 e. The summed E-state index contributed by atoms with van der Waals surface area (Å²) in [5, 5.41) is 4.85. The van der Waals surface area contributed by atoms with Crippen LogP contribution in [0, 0.1) is 17.8 Å². The summed E-state index contributed by atoms with van der Waals surface area (Å²) in [6.07, 6.45) is 9.42. The molecular weight excluding hydrogens is 298 g/mol. The fourth-order valence-corrected chi connectivity index (χ4v) is 5.79. The standard InChI is InChI=1S/C17H24ClN3O/c1-3-21-10-14(18)15(19-21)16(22)20(2)17-7-11-4-12(8-17)6-13(5-11)9-17/h10-13H,3-9H2,1-2H3. The summed E-state index contributed by atoms with van der Waals surface area (Å²) >= 11 is 6.24. The van der Waals surface area contributed by atoms with Crippen LogP contribution in [0.2, 0.25) is 5.02 Å². The number of amides is 1. The molecule has 0 spiro atoms. The molecule has 0 unspecified atom stereocenters. The number of carbonyl (C=O) groups excluding carboxylic acids is 1. The minimum absolute atomic E-state index is 0.000787. The zero-order valence-corrected chi connectivity index (χ0v) is 14.1. The summed E-state index contributed by atoms with van der Waals surface area (Å²) in [6, 6.07) is 0. The van der Waals surface area contributed by atoms with Crippen LogP contribution in [0.5, 0.6) is 0 Å². The predicted octanol–water partition coefficient (Wildman–Crippen LogP) is 3.60. The van der Waals surface area contributed by atoms with Crippen LogP contribution in [-0.2, 0) is 6.54 Å². The second kappa shape index (κ2) is 4.98. The molecule has 0 saturated heterocycles. The second-order valence-electron chi connectivity index (χ2n) is 7.69. The summed E-state index contributed by atoms with van der Waals surface area (Å²) < 4.78 is 1.74. The topological polar surface area (TPSA) is 38.1 Å². The third-order valence-corrected chi connectivity index (χ3v) is 6.54. The molecule has 1 heterocycles. The number of nitrogens with zero attached hydrogens (tertiary/aromatic N) is 3. The normalized spacial score (nSPS) is 35.9. The summed E-state index contributed by atoms with van der Waals surface area (Å²) in [5.41, 5.74) is 0.479. The Morgan fingerprint density at radius 2 is 1.86 bits per heavy atom. The van der Waals surface area contributed by atoms with E-state index in [4.69, 9.17) is 11.6 Å². The average Bonchev–Trinajstić information content (AvgIpc) is 2.85. The van der Waals surface area contributed by atoms with E-state index in [9.17, 15) is 4.79 Å². The van der Waals surface area contributed by atoms with Crippen molar-refractivity contribution < 1.29 is 4.79 Å². The molecule has 1 aromatic rings. The first kappa shape index (κ1) is 14.6. The average molecular weight is 322 g/mol. The molecule has 120 valence electrons. The van der Waals surface area contributed by atoms with Gasteiger partial charge in [-0.2, -0.15) is 5.10 Å². The van der Waals surface area contributed by atoms with Crippen molar-refractivity contribution >= 4 is 17.5 Å². The molecule has 0 N–H and O–H groups in total. The van der Waals surface area contributed by atoms with Crippen molar-refractivity contribution in [3.63, 3.8) is 0 Å². The molecule has 4 nitrogen and oxygen atoms in total. The number of hydrogen-bond acceptors (Lipinski definition) is 2. The summed E-state index contributed by atoms with van der Waals surface area (Å²) in [4.78, 5) is 15.0. The highest BCUT2D eigenvalue weighted by Crippen LogP contribution is 2.57. The van der Waals surface area contributed by atoms with Gasteiger partial charge in [0.15, 0.2) is 5.69 Å². The van der Waals surface area contributed by atoms with Crippen LogP contribution in [0.15, 0.2) is 6.20 Å². The zero-order valence-electron chi connectivity index (χ0n) is 13.4. The van der Waals surface area contributed by atoms with Gasteiger partial charge in [0.2, 0.25) is 0 Å². The van der Waals surface area contributed by atoms with Gasteiger partial charge in [0.05, 0.1) is 5.02 Å². The molecule has 1 aromatic heterocycles. The first-order chi connectivity index (χ1) is 10.5. The van der Waals surface area contributed by atoms with Gasteiger partial charge in [0, 0.05) is 25.3 Å². The Labute approximate surface area is 136 Å².